The lowest BCUT2D eigenvalue weighted by atomic mass is 9.67. The van der Waals surface area contributed by atoms with Crippen LogP contribution in [0.2, 0.25) is 0 Å². The topological polar surface area (TPSA) is 23.8 Å². The van der Waals surface area contributed by atoms with Crippen LogP contribution in [0, 0.1) is 16.7 Å². The molecule has 1 aliphatic rings. The van der Waals surface area contributed by atoms with Crippen molar-refractivity contribution >= 4 is 0 Å². The van der Waals surface area contributed by atoms with Gasteiger partial charge in [0.2, 0.25) is 0 Å². The lowest BCUT2D eigenvalue weighted by Crippen LogP contribution is -2.25. The molecular formula is C35H51N. The van der Waals surface area contributed by atoms with Crippen LogP contribution in [-0.4, -0.2) is 0 Å². The van der Waals surface area contributed by atoms with E-state index in [0.717, 1.165) is 32.1 Å². The van der Waals surface area contributed by atoms with E-state index in [1.54, 1.807) is 0 Å². The number of nitrogens with zero attached hydrogens (tertiary/aromatic N) is 1. The second kappa shape index (κ2) is 15.9. The zero-order valence-electron chi connectivity index (χ0n) is 23.4. The van der Waals surface area contributed by atoms with E-state index in [2.05, 4.69) is 68.4 Å². The minimum absolute atomic E-state index is 0.0579. The summed E-state index contributed by atoms with van der Waals surface area (Å²) in [5.74, 6) is 0.615. The van der Waals surface area contributed by atoms with Gasteiger partial charge in [0.25, 0.3) is 0 Å². The molecule has 3 rings (SSSR count). The van der Waals surface area contributed by atoms with Gasteiger partial charge in [-0.15, -0.1) is 0 Å². The molecule has 0 aromatic heterocycles. The van der Waals surface area contributed by atoms with Crippen LogP contribution in [0.1, 0.15) is 140 Å². The summed E-state index contributed by atoms with van der Waals surface area (Å²) in [5, 5.41) is 9.99. The second-order valence-electron chi connectivity index (χ2n) is 11.5. The average molecular weight is 486 g/mol. The van der Waals surface area contributed by atoms with Crippen LogP contribution >= 0.6 is 0 Å². The zero-order chi connectivity index (χ0) is 25.5. The predicted octanol–water partition coefficient (Wildman–Crippen LogP) is 11.2. The summed E-state index contributed by atoms with van der Waals surface area (Å²) in [6.45, 7) is 4.55. The van der Waals surface area contributed by atoms with E-state index < -0.39 is 0 Å². The molecule has 0 radical (unpaired) electrons. The fraction of sp³-hybridized carbons (Fsp3) is 0.629. The van der Waals surface area contributed by atoms with E-state index >= 15 is 0 Å². The van der Waals surface area contributed by atoms with Gasteiger partial charge in [0.1, 0.15) is 0 Å². The number of hydrogen-bond donors (Lipinski definition) is 0. The standard InChI is InChI=1S/C35H51N/c1-3-5-7-9-10-12-14-26-35(29-36)27-24-34(25-28-35)33-22-20-32(21-23-33)31-18-16-30(17-19-31)15-13-11-8-6-4-2/h16-23,34H,3-15,24-28H2,1-2H3. The monoisotopic (exact) mass is 485 g/mol. The third-order valence-electron chi connectivity index (χ3n) is 8.68. The van der Waals surface area contributed by atoms with Gasteiger partial charge >= 0.3 is 0 Å². The summed E-state index contributed by atoms with van der Waals surface area (Å²) in [6.07, 6.45) is 22.8. The summed E-state index contributed by atoms with van der Waals surface area (Å²) in [7, 11) is 0. The average Bonchev–Trinajstić information content (AvgIpc) is 2.93. The maximum absolute atomic E-state index is 9.99. The molecule has 0 unspecified atom stereocenters. The minimum Gasteiger partial charge on any atom is -0.198 e. The predicted molar refractivity (Wildman–Crippen MR) is 156 cm³/mol. The molecule has 0 bridgehead atoms. The Labute approximate surface area is 222 Å². The van der Waals surface area contributed by atoms with E-state index in [1.165, 1.54) is 106 Å². The number of nitriles is 1. The first-order valence-electron chi connectivity index (χ1n) is 15.3. The minimum atomic E-state index is -0.0579. The number of aryl methyl sites for hydroxylation is 1. The highest BCUT2D eigenvalue weighted by atomic mass is 14.4. The van der Waals surface area contributed by atoms with Crippen molar-refractivity contribution in [1.29, 1.82) is 5.26 Å². The lowest BCUT2D eigenvalue weighted by Gasteiger charge is -2.35. The fourth-order valence-corrected chi connectivity index (χ4v) is 6.09. The van der Waals surface area contributed by atoms with Gasteiger partial charge in [-0.25, -0.2) is 0 Å². The molecule has 1 saturated carbocycles. The maximum atomic E-state index is 9.99. The van der Waals surface area contributed by atoms with E-state index in [9.17, 15) is 5.26 Å². The van der Waals surface area contributed by atoms with E-state index in [-0.39, 0.29) is 5.41 Å². The molecule has 2 aromatic carbocycles. The van der Waals surface area contributed by atoms with Crippen LogP contribution in [0.25, 0.3) is 11.1 Å². The molecule has 0 heterocycles. The normalized spacial score (nSPS) is 19.8. The molecule has 0 saturated heterocycles. The fourth-order valence-electron chi connectivity index (χ4n) is 6.09. The first kappa shape index (κ1) is 28.5. The molecule has 0 spiro atoms. The Morgan fingerprint density at radius 1 is 0.667 bits per heavy atom. The highest BCUT2D eigenvalue weighted by Gasteiger charge is 2.35. The van der Waals surface area contributed by atoms with Crippen molar-refractivity contribution < 1.29 is 0 Å². The Morgan fingerprint density at radius 2 is 1.17 bits per heavy atom. The Balaban J connectivity index is 1.43. The number of hydrogen-bond acceptors (Lipinski definition) is 1. The highest BCUT2D eigenvalue weighted by Crippen LogP contribution is 2.46. The molecule has 1 heteroatoms. The summed E-state index contributed by atoms with van der Waals surface area (Å²) < 4.78 is 0. The lowest BCUT2D eigenvalue weighted by molar-refractivity contribution is 0.223. The molecule has 0 atom stereocenters. The van der Waals surface area contributed by atoms with Gasteiger partial charge in [-0.1, -0.05) is 133 Å². The van der Waals surface area contributed by atoms with Gasteiger partial charge in [-0.05, 0) is 73.1 Å². The molecule has 36 heavy (non-hydrogen) atoms. The van der Waals surface area contributed by atoms with Crippen LogP contribution < -0.4 is 0 Å². The van der Waals surface area contributed by atoms with Crippen molar-refractivity contribution in [3.8, 4) is 17.2 Å². The molecule has 1 nitrogen and oxygen atoms in total. The van der Waals surface area contributed by atoms with Crippen molar-refractivity contribution in [1.82, 2.24) is 0 Å². The smallest absolute Gasteiger partial charge is 0.0689 e. The molecule has 0 aliphatic heterocycles. The van der Waals surface area contributed by atoms with E-state index in [0.29, 0.717) is 5.92 Å². The highest BCUT2D eigenvalue weighted by molar-refractivity contribution is 5.64. The SMILES string of the molecule is CCCCCCCCCC1(C#N)CCC(c2ccc(-c3ccc(CCCCCCC)cc3)cc2)CC1. The summed E-state index contributed by atoms with van der Waals surface area (Å²) in [5.41, 5.74) is 5.50. The Morgan fingerprint density at radius 3 is 1.72 bits per heavy atom. The van der Waals surface area contributed by atoms with Gasteiger partial charge in [0.15, 0.2) is 0 Å². The van der Waals surface area contributed by atoms with Crippen molar-refractivity contribution in [3.63, 3.8) is 0 Å². The van der Waals surface area contributed by atoms with Gasteiger partial charge < -0.3 is 0 Å². The van der Waals surface area contributed by atoms with Gasteiger partial charge in [-0.3, -0.25) is 0 Å². The first-order chi connectivity index (χ1) is 17.7. The number of benzene rings is 2. The van der Waals surface area contributed by atoms with Crippen molar-refractivity contribution in [2.45, 2.75) is 135 Å². The van der Waals surface area contributed by atoms with Crippen LogP contribution in [0.5, 0.6) is 0 Å². The van der Waals surface area contributed by atoms with Crippen LogP contribution in [0.3, 0.4) is 0 Å². The largest absolute Gasteiger partial charge is 0.198 e. The number of unbranched alkanes of at least 4 members (excludes halogenated alkanes) is 10. The van der Waals surface area contributed by atoms with Gasteiger partial charge in [0, 0.05) is 0 Å². The zero-order valence-corrected chi connectivity index (χ0v) is 23.4. The third-order valence-corrected chi connectivity index (χ3v) is 8.68. The second-order valence-corrected chi connectivity index (χ2v) is 11.5. The van der Waals surface area contributed by atoms with Crippen molar-refractivity contribution in [2.75, 3.05) is 0 Å². The Hall–Kier alpha value is -2.07. The molecule has 1 fully saturated rings. The van der Waals surface area contributed by atoms with Crippen molar-refractivity contribution in [2.24, 2.45) is 5.41 Å². The first-order valence-corrected chi connectivity index (χ1v) is 15.3. The van der Waals surface area contributed by atoms with Crippen LogP contribution in [-0.2, 0) is 6.42 Å². The van der Waals surface area contributed by atoms with Crippen LogP contribution in [0.4, 0.5) is 0 Å². The molecular weight excluding hydrogens is 434 g/mol. The summed E-state index contributed by atoms with van der Waals surface area (Å²) in [6, 6.07) is 21.3. The molecule has 1 aliphatic carbocycles. The van der Waals surface area contributed by atoms with E-state index in [1.807, 2.05) is 0 Å². The van der Waals surface area contributed by atoms with E-state index in [4.69, 9.17) is 0 Å². The maximum Gasteiger partial charge on any atom is 0.0689 e. The molecule has 0 N–H and O–H groups in total. The number of rotatable bonds is 16. The van der Waals surface area contributed by atoms with Crippen molar-refractivity contribution in [3.05, 3.63) is 59.7 Å². The summed E-state index contributed by atoms with van der Waals surface area (Å²) >= 11 is 0. The Kier molecular flexibility index (Phi) is 12.6. The Bertz CT molecular complexity index is 878. The van der Waals surface area contributed by atoms with Crippen LogP contribution in [0.15, 0.2) is 48.5 Å². The molecule has 0 amide bonds. The quantitative estimate of drug-likeness (QED) is 0.217. The third kappa shape index (κ3) is 9.10. The van der Waals surface area contributed by atoms with Gasteiger partial charge in [0.05, 0.1) is 11.5 Å². The molecule has 196 valence electrons. The molecule has 2 aromatic rings. The summed E-state index contributed by atoms with van der Waals surface area (Å²) in [4.78, 5) is 0. The van der Waals surface area contributed by atoms with Gasteiger partial charge in [-0.2, -0.15) is 5.26 Å².